The molecule has 5 nitrogen and oxygen atoms in total. The molecule has 0 spiro atoms. The smallest absolute Gasteiger partial charge is 0.407 e. The van der Waals surface area contributed by atoms with Gasteiger partial charge in [0.1, 0.15) is 0 Å². The number of rotatable bonds is 7. The summed E-state index contributed by atoms with van der Waals surface area (Å²) in [7, 11) is 0. The maximum absolute atomic E-state index is 11.4. The maximum Gasteiger partial charge on any atom is 0.407 e. The normalized spacial score (nSPS) is 14.2. The largest absolute Gasteiger partial charge is 0.479 e. The molecule has 100 valence electrons. The summed E-state index contributed by atoms with van der Waals surface area (Å²) in [6, 6.07) is 0. The Hall–Kier alpha value is -1.26. The Bertz CT molecular complexity index is 253. The highest BCUT2D eigenvalue weighted by molar-refractivity contribution is 5.77. The number of carboxylic acids is 1. The van der Waals surface area contributed by atoms with Gasteiger partial charge in [0.15, 0.2) is 0 Å². The molecule has 0 aromatic rings. The predicted octanol–water partition coefficient (Wildman–Crippen LogP) is 2.26. The van der Waals surface area contributed by atoms with E-state index in [-0.39, 0.29) is 5.92 Å². The van der Waals surface area contributed by atoms with Gasteiger partial charge in [0, 0.05) is 6.54 Å². The minimum Gasteiger partial charge on any atom is -0.479 e. The van der Waals surface area contributed by atoms with Gasteiger partial charge in [0.25, 0.3) is 0 Å². The molecule has 0 fully saturated rings. The number of aliphatic carboxylic acids is 1. The number of amides is 1. The molecule has 0 aliphatic rings. The molecular weight excluding hydrogens is 222 g/mol. The molecule has 1 amide bonds. The first-order chi connectivity index (χ1) is 7.86. The molecule has 0 aromatic heterocycles. The molecule has 0 heterocycles. The first-order valence-corrected chi connectivity index (χ1v) is 6.04. The van der Waals surface area contributed by atoms with E-state index in [1.807, 2.05) is 27.7 Å². The number of alkyl carbamates (subject to hydrolysis) is 1. The van der Waals surface area contributed by atoms with Crippen molar-refractivity contribution in [3.8, 4) is 0 Å². The van der Waals surface area contributed by atoms with Crippen LogP contribution in [0.4, 0.5) is 4.79 Å². The van der Waals surface area contributed by atoms with Crippen LogP contribution in [0, 0.1) is 11.8 Å². The van der Waals surface area contributed by atoms with Crippen molar-refractivity contribution in [3.05, 3.63) is 0 Å². The van der Waals surface area contributed by atoms with Gasteiger partial charge in [-0.2, -0.15) is 0 Å². The summed E-state index contributed by atoms with van der Waals surface area (Å²) in [6.45, 7) is 8.30. The van der Waals surface area contributed by atoms with Gasteiger partial charge in [-0.1, -0.05) is 34.1 Å². The van der Waals surface area contributed by atoms with E-state index in [2.05, 4.69) is 5.32 Å². The fourth-order valence-corrected chi connectivity index (χ4v) is 1.20. The lowest BCUT2D eigenvalue weighted by Gasteiger charge is -2.17. The van der Waals surface area contributed by atoms with Crippen LogP contribution in [0.25, 0.3) is 0 Å². The van der Waals surface area contributed by atoms with Crippen LogP contribution in [0.15, 0.2) is 0 Å². The summed E-state index contributed by atoms with van der Waals surface area (Å²) in [5.41, 5.74) is 0. The lowest BCUT2D eigenvalue weighted by Crippen LogP contribution is -2.35. The van der Waals surface area contributed by atoms with Gasteiger partial charge in [0.05, 0.1) is 0 Å². The number of ether oxygens (including phenoxy) is 1. The Kier molecular flexibility index (Phi) is 7.34. The Balaban J connectivity index is 4.08. The number of nitrogens with one attached hydrogen (secondary N) is 1. The van der Waals surface area contributed by atoms with Crippen molar-refractivity contribution < 1.29 is 19.4 Å². The second-order valence-electron chi connectivity index (χ2n) is 4.76. The second-order valence-corrected chi connectivity index (χ2v) is 4.76. The fraction of sp³-hybridized carbons (Fsp3) is 0.833. The zero-order valence-corrected chi connectivity index (χ0v) is 11.0. The number of hydrogen-bond donors (Lipinski definition) is 2. The van der Waals surface area contributed by atoms with E-state index in [1.165, 1.54) is 0 Å². The van der Waals surface area contributed by atoms with Crippen LogP contribution < -0.4 is 5.32 Å². The Morgan fingerprint density at radius 1 is 1.29 bits per heavy atom. The van der Waals surface area contributed by atoms with Crippen LogP contribution >= 0.6 is 0 Å². The SMILES string of the molecule is CCC(C)CNC(=O)O[C@@H](CC(C)C)C(=O)O. The van der Waals surface area contributed by atoms with Crippen LogP contribution in [0.3, 0.4) is 0 Å². The quantitative estimate of drug-likeness (QED) is 0.721. The van der Waals surface area contributed by atoms with Crippen molar-refractivity contribution in [2.45, 2.75) is 46.6 Å². The molecule has 0 saturated carbocycles. The summed E-state index contributed by atoms with van der Waals surface area (Å²) >= 11 is 0. The van der Waals surface area contributed by atoms with E-state index in [0.717, 1.165) is 6.42 Å². The molecule has 1 unspecified atom stereocenters. The molecule has 2 N–H and O–H groups in total. The number of hydrogen-bond acceptors (Lipinski definition) is 3. The second kappa shape index (κ2) is 7.92. The van der Waals surface area contributed by atoms with Crippen LogP contribution in [0.2, 0.25) is 0 Å². The zero-order chi connectivity index (χ0) is 13.4. The van der Waals surface area contributed by atoms with E-state index >= 15 is 0 Å². The maximum atomic E-state index is 11.4. The molecule has 0 aliphatic heterocycles. The lowest BCUT2D eigenvalue weighted by atomic mass is 10.1. The average Bonchev–Trinajstić information content (AvgIpc) is 2.24. The summed E-state index contributed by atoms with van der Waals surface area (Å²) in [5, 5.41) is 11.5. The molecule has 0 rings (SSSR count). The minimum absolute atomic E-state index is 0.165. The van der Waals surface area contributed by atoms with Crippen molar-refractivity contribution >= 4 is 12.1 Å². The molecule has 0 bridgehead atoms. The van der Waals surface area contributed by atoms with Crippen molar-refractivity contribution in [1.82, 2.24) is 5.32 Å². The van der Waals surface area contributed by atoms with Gasteiger partial charge in [0.2, 0.25) is 6.10 Å². The first kappa shape index (κ1) is 15.7. The molecule has 0 radical (unpaired) electrons. The number of carboxylic acid groups (broad SMARTS) is 1. The van der Waals surface area contributed by atoms with Crippen LogP contribution in [0.1, 0.15) is 40.5 Å². The third-order valence-electron chi connectivity index (χ3n) is 2.50. The van der Waals surface area contributed by atoms with Gasteiger partial charge in [-0.05, 0) is 18.3 Å². The lowest BCUT2D eigenvalue weighted by molar-refractivity contribution is -0.147. The van der Waals surface area contributed by atoms with Crippen molar-refractivity contribution in [3.63, 3.8) is 0 Å². The van der Waals surface area contributed by atoms with Gasteiger partial charge >= 0.3 is 12.1 Å². The fourth-order valence-electron chi connectivity index (χ4n) is 1.20. The predicted molar refractivity (Wildman–Crippen MR) is 64.8 cm³/mol. The average molecular weight is 245 g/mol. The van der Waals surface area contributed by atoms with Crippen molar-refractivity contribution in [2.75, 3.05) is 6.54 Å². The standard InChI is InChI=1S/C12H23NO4/c1-5-9(4)7-13-12(16)17-10(11(14)15)6-8(2)3/h8-10H,5-7H2,1-4H3,(H,13,16)(H,14,15)/t9?,10-/m0/s1. The van der Waals surface area contributed by atoms with Gasteiger partial charge in [-0.15, -0.1) is 0 Å². The van der Waals surface area contributed by atoms with Gasteiger partial charge < -0.3 is 15.2 Å². The Morgan fingerprint density at radius 2 is 1.88 bits per heavy atom. The Morgan fingerprint density at radius 3 is 2.29 bits per heavy atom. The molecule has 2 atom stereocenters. The van der Waals surface area contributed by atoms with E-state index in [9.17, 15) is 9.59 Å². The summed E-state index contributed by atoms with van der Waals surface area (Å²) < 4.78 is 4.87. The molecule has 17 heavy (non-hydrogen) atoms. The highest BCUT2D eigenvalue weighted by Crippen LogP contribution is 2.09. The molecule has 0 aliphatic carbocycles. The van der Waals surface area contributed by atoms with E-state index in [1.54, 1.807) is 0 Å². The topological polar surface area (TPSA) is 75.6 Å². The van der Waals surface area contributed by atoms with Gasteiger partial charge in [-0.25, -0.2) is 9.59 Å². The number of carbonyl (C=O) groups excluding carboxylic acids is 1. The minimum atomic E-state index is -1.10. The summed E-state index contributed by atoms with van der Waals surface area (Å²) in [6.07, 6.45) is -0.439. The van der Waals surface area contributed by atoms with Crippen molar-refractivity contribution in [1.29, 1.82) is 0 Å². The molecule has 5 heteroatoms. The molecule has 0 saturated heterocycles. The summed E-state index contributed by atoms with van der Waals surface area (Å²) in [5.74, 6) is -0.577. The highest BCUT2D eigenvalue weighted by atomic mass is 16.6. The molecule has 0 aromatic carbocycles. The third kappa shape index (κ3) is 7.60. The molecular formula is C12H23NO4. The Labute approximate surface area is 103 Å². The van der Waals surface area contributed by atoms with E-state index in [4.69, 9.17) is 9.84 Å². The zero-order valence-electron chi connectivity index (χ0n) is 11.0. The van der Waals surface area contributed by atoms with Gasteiger partial charge in [-0.3, -0.25) is 0 Å². The van der Waals surface area contributed by atoms with Crippen LogP contribution in [0.5, 0.6) is 0 Å². The van der Waals surface area contributed by atoms with E-state index < -0.39 is 18.2 Å². The highest BCUT2D eigenvalue weighted by Gasteiger charge is 2.23. The first-order valence-electron chi connectivity index (χ1n) is 6.04. The van der Waals surface area contributed by atoms with E-state index in [0.29, 0.717) is 18.9 Å². The monoisotopic (exact) mass is 245 g/mol. The van der Waals surface area contributed by atoms with Crippen LogP contribution in [-0.2, 0) is 9.53 Å². The summed E-state index contributed by atoms with van der Waals surface area (Å²) in [4.78, 5) is 22.2. The third-order valence-corrected chi connectivity index (χ3v) is 2.50. The van der Waals surface area contributed by atoms with Crippen molar-refractivity contribution in [2.24, 2.45) is 11.8 Å². The number of carbonyl (C=O) groups is 2. The van der Waals surface area contributed by atoms with Crippen LogP contribution in [-0.4, -0.2) is 29.8 Å².